The second-order valence-corrected chi connectivity index (χ2v) is 10.4. The second kappa shape index (κ2) is 16.8. The van der Waals surface area contributed by atoms with Crippen LogP contribution in [0.25, 0.3) is 0 Å². The number of ether oxygens (including phenoxy) is 5. The smallest absolute Gasteiger partial charge is 0.421 e. The van der Waals surface area contributed by atoms with Crippen LogP contribution in [0.3, 0.4) is 0 Å². The Morgan fingerprint density at radius 1 is 0.821 bits per heavy atom. The van der Waals surface area contributed by atoms with Gasteiger partial charge in [-0.05, 0) is 30.6 Å². The van der Waals surface area contributed by atoms with Crippen molar-refractivity contribution in [3.8, 4) is 11.8 Å². The Labute approximate surface area is 228 Å². The zero-order valence-corrected chi connectivity index (χ0v) is 23.1. The van der Waals surface area contributed by atoms with Crippen LogP contribution >= 0.6 is 0 Å². The molecule has 2 amide bonds. The number of nitrogens with zero attached hydrogens (tertiary/aromatic N) is 1. The van der Waals surface area contributed by atoms with Gasteiger partial charge in [-0.2, -0.15) is 13.1 Å². The molecule has 2 N–H and O–H groups in total. The van der Waals surface area contributed by atoms with Crippen LogP contribution in [0.5, 0.6) is 0 Å². The molecule has 0 aromatic heterocycles. The van der Waals surface area contributed by atoms with E-state index < -0.39 is 34.3 Å². The fraction of sp³-hybridized carbons (Fsp3) is 0.750. The third-order valence-corrected chi connectivity index (χ3v) is 7.07. The standard InChI is InChI=1S/C24H37N3O11S/c1-18(28)35-13-10-27(11-14-36-19(2)29)24(31)37-16-15-34-12-9-25-39(32,33)26-23(30)38-17-22-20-7-5-3-4-6-8-21(20)22/h20-22,25H,5-17H2,1-2H3,(H,26,30)/t20-,21+,22?. The lowest BCUT2D eigenvalue weighted by atomic mass is 10.1. The van der Waals surface area contributed by atoms with Gasteiger partial charge in [0.2, 0.25) is 0 Å². The lowest BCUT2D eigenvalue weighted by molar-refractivity contribution is -0.141. The summed E-state index contributed by atoms with van der Waals surface area (Å²) < 4.78 is 53.1. The van der Waals surface area contributed by atoms with E-state index in [1.807, 2.05) is 0 Å². The Morgan fingerprint density at radius 3 is 1.97 bits per heavy atom. The fourth-order valence-electron chi connectivity index (χ4n) is 4.15. The third kappa shape index (κ3) is 13.5. The average Bonchev–Trinajstić information content (AvgIpc) is 3.49. The highest BCUT2D eigenvalue weighted by atomic mass is 32.2. The van der Waals surface area contributed by atoms with Crippen LogP contribution in [0.2, 0.25) is 0 Å². The van der Waals surface area contributed by atoms with Gasteiger partial charge < -0.3 is 28.6 Å². The molecule has 2 rings (SSSR count). The van der Waals surface area contributed by atoms with Crippen molar-refractivity contribution in [2.75, 3.05) is 59.3 Å². The minimum absolute atomic E-state index is 0.0283. The van der Waals surface area contributed by atoms with Crippen LogP contribution < -0.4 is 9.44 Å². The monoisotopic (exact) mass is 575 g/mol. The number of amides is 2. The van der Waals surface area contributed by atoms with Crippen LogP contribution in [0.15, 0.2) is 0 Å². The van der Waals surface area contributed by atoms with E-state index in [-0.39, 0.29) is 65.2 Å². The number of carbonyl (C=O) groups is 4. The highest BCUT2D eigenvalue weighted by Gasteiger charge is 2.49. The van der Waals surface area contributed by atoms with Gasteiger partial charge in [0.25, 0.3) is 0 Å². The average molecular weight is 576 g/mol. The highest BCUT2D eigenvalue weighted by molar-refractivity contribution is 7.88. The topological polar surface area (TPSA) is 176 Å². The summed E-state index contributed by atoms with van der Waals surface area (Å²) in [5.74, 6) is 6.40. The van der Waals surface area contributed by atoms with Crippen molar-refractivity contribution in [3.05, 3.63) is 0 Å². The first kappa shape index (κ1) is 32.1. The van der Waals surface area contributed by atoms with Crippen molar-refractivity contribution >= 4 is 34.3 Å². The van der Waals surface area contributed by atoms with Crippen LogP contribution in [0, 0.1) is 29.6 Å². The summed E-state index contributed by atoms with van der Waals surface area (Å²) in [7, 11) is -4.13. The van der Waals surface area contributed by atoms with Crippen LogP contribution in [0.1, 0.15) is 39.5 Å². The molecular formula is C24H37N3O11S. The number of esters is 2. The molecule has 0 spiro atoms. The maximum absolute atomic E-state index is 12.2. The molecular weight excluding hydrogens is 538 g/mol. The van der Waals surface area contributed by atoms with E-state index in [1.54, 1.807) is 4.72 Å². The molecule has 0 bridgehead atoms. The SMILES string of the molecule is CC(=O)OCCN(CCOC(C)=O)C(=O)OCCOCCNS(=O)(=O)NC(=O)OCC1[C@H]2CCC#CCC[C@@H]12. The molecule has 3 atom stereocenters. The van der Waals surface area contributed by atoms with Crippen LogP contribution in [0.4, 0.5) is 9.59 Å². The maximum Gasteiger partial charge on any atom is 0.421 e. The first-order chi connectivity index (χ1) is 18.6. The van der Waals surface area contributed by atoms with Gasteiger partial charge in [-0.25, -0.2) is 14.3 Å². The molecule has 0 aromatic rings. The number of fused-ring (bicyclic) bond motifs is 1. The van der Waals surface area contributed by atoms with Crippen molar-refractivity contribution in [1.82, 2.24) is 14.3 Å². The lowest BCUT2D eigenvalue weighted by Gasteiger charge is -2.21. The molecule has 0 saturated heterocycles. The first-order valence-electron chi connectivity index (χ1n) is 12.7. The predicted octanol–water partition coefficient (Wildman–Crippen LogP) is 0.568. The summed E-state index contributed by atoms with van der Waals surface area (Å²) in [5.41, 5.74) is 0. The van der Waals surface area contributed by atoms with E-state index in [1.165, 1.54) is 18.7 Å². The number of hydrogen-bond donors (Lipinski definition) is 2. The van der Waals surface area contributed by atoms with E-state index in [9.17, 15) is 27.6 Å². The zero-order chi connectivity index (χ0) is 28.7. The number of hydrogen-bond acceptors (Lipinski definition) is 11. The van der Waals surface area contributed by atoms with Gasteiger partial charge >= 0.3 is 34.3 Å². The molecule has 220 valence electrons. The normalized spacial score (nSPS) is 19.6. The summed E-state index contributed by atoms with van der Waals surface area (Å²) in [4.78, 5) is 47.2. The van der Waals surface area contributed by atoms with E-state index in [4.69, 9.17) is 23.7 Å². The minimum atomic E-state index is -4.13. The Balaban J connectivity index is 1.56. The molecule has 1 fully saturated rings. The fourth-order valence-corrected chi connectivity index (χ4v) is 4.86. The molecule has 14 nitrogen and oxygen atoms in total. The lowest BCUT2D eigenvalue weighted by Crippen LogP contribution is -2.42. The van der Waals surface area contributed by atoms with Crippen LogP contribution in [-0.4, -0.2) is 96.7 Å². The molecule has 1 saturated carbocycles. The molecule has 0 aromatic carbocycles. The first-order valence-corrected chi connectivity index (χ1v) is 14.2. The largest absolute Gasteiger partial charge is 0.464 e. The number of nitrogens with one attached hydrogen (secondary N) is 2. The molecule has 15 heteroatoms. The van der Waals surface area contributed by atoms with Crippen molar-refractivity contribution < 1.29 is 51.3 Å². The van der Waals surface area contributed by atoms with Gasteiger partial charge in [0.15, 0.2) is 0 Å². The summed E-state index contributed by atoms with van der Waals surface area (Å²) in [6.07, 6.45) is 1.83. The third-order valence-electron chi connectivity index (χ3n) is 6.05. The Hall–Kier alpha value is -3.09. The van der Waals surface area contributed by atoms with Crippen molar-refractivity contribution in [1.29, 1.82) is 0 Å². The number of rotatable bonds is 16. The van der Waals surface area contributed by atoms with E-state index >= 15 is 0 Å². The Morgan fingerprint density at radius 2 is 1.41 bits per heavy atom. The minimum Gasteiger partial charge on any atom is -0.464 e. The summed E-state index contributed by atoms with van der Waals surface area (Å²) in [5, 5.41) is 0. The maximum atomic E-state index is 12.2. The second-order valence-electron chi connectivity index (χ2n) is 8.91. The van der Waals surface area contributed by atoms with E-state index in [0.29, 0.717) is 11.8 Å². The predicted molar refractivity (Wildman–Crippen MR) is 135 cm³/mol. The van der Waals surface area contributed by atoms with E-state index in [0.717, 1.165) is 25.7 Å². The van der Waals surface area contributed by atoms with Crippen molar-refractivity contribution in [2.45, 2.75) is 39.5 Å². The highest BCUT2D eigenvalue weighted by Crippen LogP contribution is 2.52. The summed E-state index contributed by atoms with van der Waals surface area (Å²) in [6.45, 7) is 2.25. The summed E-state index contributed by atoms with van der Waals surface area (Å²) >= 11 is 0. The van der Waals surface area contributed by atoms with Gasteiger partial charge in [-0.15, -0.1) is 11.8 Å². The van der Waals surface area contributed by atoms with Gasteiger partial charge in [-0.3, -0.25) is 9.59 Å². The van der Waals surface area contributed by atoms with Gasteiger partial charge in [-0.1, -0.05) is 0 Å². The molecule has 2 aliphatic carbocycles. The molecule has 0 radical (unpaired) electrons. The van der Waals surface area contributed by atoms with Crippen LogP contribution in [-0.2, 0) is 43.5 Å². The van der Waals surface area contributed by atoms with Gasteiger partial charge in [0.1, 0.15) is 19.8 Å². The Kier molecular flexibility index (Phi) is 13.8. The Bertz CT molecular complexity index is 971. The summed E-state index contributed by atoms with van der Waals surface area (Å²) in [6, 6.07) is 0. The van der Waals surface area contributed by atoms with Crippen molar-refractivity contribution in [2.24, 2.45) is 17.8 Å². The van der Waals surface area contributed by atoms with Crippen molar-refractivity contribution in [3.63, 3.8) is 0 Å². The zero-order valence-electron chi connectivity index (χ0n) is 22.3. The molecule has 39 heavy (non-hydrogen) atoms. The molecule has 0 aliphatic heterocycles. The van der Waals surface area contributed by atoms with E-state index in [2.05, 4.69) is 16.6 Å². The molecule has 0 heterocycles. The number of carbonyl (C=O) groups excluding carboxylic acids is 4. The molecule has 2 aliphatic rings. The quantitative estimate of drug-likeness (QED) is 0.114. The van der Waals surface area contributed by atoms with Gasteiger partial charge in [0.05, 0.1) is 32.9 Å². The van der Waals surface area contributed by atoms with Gasteiger partial charge in [0, 0.05) is 33.2 Å². The molecule has 1 unspecified atom stereocenters.